The van der Waals surface area contributed by atoms with Crippen LogP contribution in [0.25, 0.3) is 33.5 Å². The highest BCUT2D eigenvalue weighted by molar-refractivity contribution is 7.90. The Hall–Kier alpha value is -4.45. The van der Waals surface area contributed by atoms with Crippen LogP contribution in [0.3, 0.4) is 0 Å². The zero-order valence-corrected chi connectivity index (χ0v) is 23.2. The number of hydrogen-bond donors (Lipinski definition) is 1. The van der Waals surface area contributed by atoms with Crippen molar-refractivity contribution in [3.63, 3.8) is 0 Å². The van der Waals surface area contributed by atoms with Crippen LogP contribution in [0.5, 0.6) is 0 Å². The van der Waals surface area contributed by atoms with Crippen molar-refractivity contribution in [1.29, 1.82) is 0 Å². The Balaban J connectivity index is 1.53. The van der Waals surface area contributed by atoms with E-state index < -0.39 is 15.6 Å². The molecule has 11 nitrogen and oxygen atoms in total. The highest BCUT2D eigenvalue weighted by Crippen LogP contribution is 2.38. The summed E-state index contributed by atoms with van der Waals surface area (Å²) in [5, 5.41) is 0.619. The number of anilines is 1. The summed E-state index contributed by atoms with van der Waals surface area (Å²) in [7, 11) is -3.89. The van der Waals surface area contributed by atoms with Gasteiger partial charge < -0.3 is 19.9 Å². The lowest BCUT2D eigenvalue weighted by Gasteiger charge is -2.25. The molecular weight excluding hydrogens is 530 g/mol. The van der Waals surface area contributed by atoms with Crippen LogP contribution in [0.1, 0.15) is 33.2 Å². The maximum absolute atomic E-state index is 13.5. The van der Waals surface area contributed by atoms with E-state index in [-0.39, 0.29) is 22.7 Å². The Morgan fingerprint density at radius 2 is 1.85 bits per heavy atom. The summed E-state index contributed by atoms with van der Waals surface area (Å²) >= 11 is 0. The van der Waals surface area contributed by atoms with Crippen LogP contribution < -0.4 is 5.73 Å². The number of nitrogens with zero attached hydrogens (tertiary/aromatic N) is 6. The molecule has 1 aliphatic heterocycles. The fourth-order valence-corrected chi connectivity index (χ4v) is 6.47. The van der Waals surface area contributed by atoms with E-state index >= 15 is 0 Å². The summed E-state index contributed by atoms with van der Waals surface area (Å²) in [6, 6.07) is 13.4. The van der Waals surface area contributed by atoms with Crippen LogP contribution in [-0.2, 0) is 14.8 Å². The number of carbonyl (C=O) groups excluding carboxylic acids is 1. The molecule has 40 heavy (non-hydrogen) atoms. The van der Waals surface area contributed by atoms with Crippen molar-refractivity contribution in [3.8, 4) is 11.4 Å². The number of imidazole rings is 1. The molecule has 0 spiro atoms. The van der Waals surface area contributed by atoms with Crippen molar-refractivity contribution in [1.82, 2.24) is 28.4 Å². The van der Waals surface area contributed by atoms with Gasteiger partial charge in [0.2, 0.25) is 0 Å². The van der Waals surface area contributed by atoms with Crippen molar-refractivity contribution >= 4 is 44.0 Å². The molecule has 12 heteroatoms. The standard InChI is InChI=1S/C28H29N7O4S/c1-28(2,3)39-27(36)33-14-11-18(17-33)35-23-20-12-15-34(40(37,38)19-8-5-4-6-9-19)25(20)31-16-22(23)32-26(35)21-10-7-13-30-24(21)29/h4-10,12-13,15-16,18H,11,14,17H2,1-3H3,(H2,29,30). The number of fused-ring (bicyclic) bond motifs is 3. The van der Waals surface area contributed by atoms with Crippen molar-refractivity contribution in [3.05, 3.63) is 67.1 Å². The molecule has 1 fully saturated rings. The molecule has 0 aliphatic carbocycles. The van der Waals surface area contributed by atoms with E-state index in [1.165, 1.54) is 10.2 Å². The number of carbonyl (C=O) groups is 1. The van der Waals surface area contributed by atoms with E-state index in [0.717, 1.165) is 0 Å². The predicted molar refractivity (Wildman–Crippen MR) is 151 cm³/mol. The molecule has 206 valence electrons. The van der Waals surface area contributed by atoms with Crippen LogP contribution in [0.15, 0.2) is 72.0 Å². The summed E-state index contributed by atoms with van der Waals surface area (Å²) in [6.07, 6.45) is 4.96. The lowest BCUT2D eigenvalue weighted by atomic mass is 10.2. The molecule has 1 unspecified atom stereocenters. The van der Waals surface area contributed by atoms with Crippen LogP contribution in [-0.4, -0.2) is 61.6 Å². The number of nitrogens with two attached hydrogens (primary N) is 1. The molecule has 1 atom stereocenters. The van der Waals surface area contributed by atoms with Crippen LogP contribution in [0.2, 0.25) is 0 Å². The molecule has 1 amide bonds. The van der Waals surface area contributed by atoms with Gasteiger partial charge in [0.1, 0.15) is 22.8 Å². The number of rotatable bonds is 4. The molecule has 0 radical (unpaired) electrons. The number of pyridine rings is 2. The molecule has 4 aromatic heterocycles. The van der Waals surface area contributed by atoms with E-state index in [1.54, 1.807) is 59.8 Å². The summed E-state index contributed by atoms with van der Waals surface area (Å²) in [4.78, 5) is 28.4. The monoisotopic (exact) mass is 559 g/mol. The molecular formula is C28H29N7O4S. The Kier molecular flexibility index (Phi) is 6.02. The first-order valence-corrected chi connectivity index (χ1v) is 14.4. The smallest absolute Gasteiger partial charge is 0.410 e. The number of aromatic nitrogens is 5. The number of ether oxygens (including phenoxy) is 1. The first kappa shape index (κ1) is 25.8. The van der Waals surface area contributed by atoms with E-state index in [9.17, 15) is 13.2 Å². The van der Waals surface area contributed by atoms with Gasteiger partial charge in [-0.15, -0.1) is 0 Å². The Labute approximate surface area is 231 Å². The Morgan fingerprint density at radius 3 is 2.58 bits per heavy atom. The van der Waals surface area contributed by atoms with Crippen molar-refractivity contribution in [2.45, 2.75) is 43.7 Å². The number of amides is 1. The first-order valence-electron chi connectivity index (χ1n) is 12.9. The molecule has 0 bridgehead atoms. The van der Waals surface area contributed by atoms with Crippen LogP contribution >= 0.6 is 0 Å². The maximum atomic E-state index is 13.5. The van der Waals surface area contributed by atoms with Gasteiger partial charge in [-0.3, -0.25) is 0 Å². The lowest BCUT2D eigenvalue weighted by molar-refractivity contribution is 0.0289. The quantitative estimate of drug-likeness (QED) is 0.341. The number of benzene rings is 1. The Bertz CT molecular complexity index is 1860. The summed E-state index contributed by atoms with van der Waals surface area (Å²) in [5.74, 6) is 0.888. The number of hydrogen-bond acceptors (Lipinski definition) is 8. The van der Waals surface area contributed by atoms with Gasteiger partial charge in [0.15, 0.2) is 5.65 Å². The first-order chi connectivity index (χ1) is 19.0. The van der Waals surface area contributed by atoms with Gasteiger partial charge in [0, 0.05) is 30.9 Å². The summed E-state index contributed by atoms with van der Waals surface area (Å²) < 4.78 is 35.9. The average Bonchev–Trinajstić information content (AvgIpc) is 3.64. The van der Waals surface area contributed by atoms with E-state index in [0.29, 0.717) is 53.1 Å². The van der Waals surface area contributed by atoms with Gasteiger partial charge >= 0.3 is 6.09 Å². The summed E-state index contributed by atoms with van der Waals surface area (Å²) in [6.45, 7) is 6.40. The second-order valence-corrected chi connectivity index (χ2v) is 12.6. The molecule has 5 heterocycles. The van der Waals surface area contributed by atoms with Gasteiger partial charge in [-0.1, -0.05) is 18.2 Å². The topological polar surface area (TPSA) is 138 Å². The lowest BCUT2D eigenvalue weighted by Crippen LogP contribution is -2.35. The van der Waals surface area contributed by atoms with Gasteiger partial charge in [0.25, 0.3) is 10.0 Å². The minimum atomic E-state index is -3.89. The zero-order chi connectivity index (χ0) is 28.2. The van der Waals surface area contributed by atoms with Gasteiger partial charge in [-0.25, -0.2) is 32.1 Å². The number of likely N-dealkylation sites (tertiary alicyclic amines) is 1. The normalized spacial score (nSPS) is 16.2. The second-order valence-electron chi connectivity index (χ2n) is 10.8. The highest BCUT2D eigenvalue weighted by atomic mass is 32.2. The third-order valence-electron chi connectivity index (χ3n) is 6.89. The SMILES string of the molecule is CC(C)(C)OC(=O)N1CCC(n2c(-c3cccnc3N)nc3cnc4c(ccn4S(=O)(=O)c4ccccc4)c32)C1. The molecule has 0 saturated carbocycles. The number of nitrogen functional groups attached to an aromatic ring is 1. The molecule has 1 saturated heterocycles. The van der Waals surface area contributed by atoms with Gasteiger partial charge in [0.05, 0.1) is 28.2 Å². The third-order valence-corrected chi connectivity index (χ3v) is 8.57. The highest BCUT2D eigenvalue weighted by Gasteiger charge is 2.34. The van der Waals surface area contributed by atoms with Crippen molar-refractivity contribution in [2.75, 3.05) is 18.8 Å². The van der Waals surface area contributed by atoms with Crippen molar-refractivity contribution < 1.29 is 17.9 Å². The average molecular weight is 560 g/mol. The van der Waals surface area contributed by atoms with Crippen LogP contribution in [0.4, 0.5) is 10.6 Å². The minimum absolute atomic E-state index is 0.163. The molecule has 6 rings (SSSR count). The van der Waals surface area contributed by atoms with Crippen molar-refractivity contribution in [2.24, 2.45) is 0 Å². The maximum Gasteiger partial charge on any atom is 0.410 e. The second kappa shape index (κ2) is 9.33. The summed E-state index contributed by atoms with van der Waals surface area (Å²) in [5.41, 5.74) is 7.87. The van der Waals surface area contributed by atoms with E-state index in [4.69, 9.17) is 15.5 Å². The van der Waals surface area contributed by atoms with Gasteiger partial charge in [-0.2, -0.15) is 0 Å². The molecule has 2 N–H and O–H groups in total. The van der Waals surface area contributed by atoms with E-state index in [1.807, 2.05) is 31.4 Å². The Morgan fingerprint density at radius 1 is 1.07 bits per heavy atom. The fourth-order valence-electron chi connectivity index (χ4n) is 5.14. The third kappa shape index (κ3) is 4.34. The predicted octanol–water partition coefficient (Wildman–Crippen LogP) is 4.45. The minimum Gasteiger partial charge on any atom is -0.444 e. The van der Waals surface area contributed by atoms with Crippen LogP contribution in [0, 0.1) is 0 Å². The fraction of sp³-hybridized carbons (Fsp3) is 0.286. The molecule has 1 aliphatic rings. The molecule has 5 aromatic rings. The molecule has 1 aromatic carbocycles. The van der Waals surface area contributed by atoms with E-state index in [2.05, 4.69) is 9.97 Å². The zero-order valence-electron chi connectivity index (χ0n) is 22.4. The van der Waals surface area contributed by atoms with Gasteiger partial charge in [-0.05, 0) is 57.5 Å². The largest absolute Gasteiger partial charge is 0.444 e.